The predicted molar refractivity (Wildman–Crippen MR) is 65.3 cm³/mol. The lowest BCUT2D eigenvalue weighted by Crippen LogP contribution is -2.15. The molecule has 0 amide bonds. The molecule has 0 aliphatic heterocycles. The van der Waals surface area contributed by atoms with Crippen LogP contribution in [-0.2, 0) is 0 Å². The molecule has 82 valence electrons. The molecule has 0 bridgehead atoms. The van der Waals surface area contributed by atoms with Gasteiger partial charge in [-0.1, -0.05) is 40.0 Å². The summed E-state index contributed by atoms with van der Waals surface area (Å²) in [4.78, 5) is 0.506. The van der Waals surface area contributed by atoms with Gasteiger partial charge in [-0.25, -0.2) is 4.39 Å². The molecule has 2 unspecified atom stereocenters. The quantitative estimate of drug-likeness (QED) is 0.646. The lowest BCUT2D eigenvalue weighted by molar-refractivity contribution is 0.442. The van der Waals surface area contributed by atoms with Crippen molar-refractivity contribution in [2.45, 2.75) is 36.4 Å². The Labute approximate surface area is 103 Å². The van der Waals surface area contributed by atoms with Gasteiger partial charge in [-0.05, 0) is 37.3 Å². The molecule has 3 heteroatoms. The molecule has 1 saturated carbocycles. The van der Waals surface area contributed by atoms with E-state index >= 15 is 0 Å². The molecule has 1 fully saturated rings. The normalized spacial score (nSPS) is 26.6. The van der Waals surface area contributed by atoms with Crippen molar-refractivity contribution in [3.8, 4) is 0 Å². The summed E-state index contributed by atoms with van der Waals surface area (Å²) in [6.07, 6.45) is 4.36. The summed E-state index contributed by atoms with van der Waals surface area (Å²) in [6, 6.07) is 4.94. The van der Waals surface area contributed by atoms with E-state index in [0.717, 1.165) is 19.3 Å². The van der Waals surface area contributed by atoms with Crippen molar-refractivity contribution < 1.29 is 4.39 Å². The van der Waals surface area contributed by atoms with Crippen LogP contribution in [0.5, 0.6) is 0 Å². The van der Waals surface area contributed by atoms with Crippen LogP contribution >= 0.6 is 27.5 Å². The van der Waals surface area contributed by atoms with E-state index in [9.17, 15) is 4.39 Å². The molecule has 1 aliphatic carbocycles. The largest absolute Gasteiger partial charge is 0.207 e. The van der Waals surface area contributed by atoms with Gasteiger partial charge in [0.1, 0.15) is 5.82 Å². The van der Waals surface area contributed by atoms with Crippen LogP contribution < -0.4 is 0 Å². The summed E-state index contributed by atoms with van der Waals surface area (Å²) in [5.74, 6) is 0.117. The molecule has 0 nitrogen and oxygen atoms in total. The van der Waals surface area contributed by atoms with Crippen LogP contribution in [0.1, 0.15) is 37.2 Å². The van der Waals surface area contributed by atoms with Crippen LogP contribution in [0.2, 0.25) is 5.02 Å². The molecule has 2 rings (SSSR count). The molecular weight excluding hydrogens is 278 g/mol. The molecule has 15 heavy (non-hydrogen) atoms. The Bertz CT molecular complexity index is 333. The van der Waals surface area contributed by atoms with E-state index in [-0.39, 0.29) is 11.7 Å². The van der Waals surface area contributed by atoms with E-state index in [2.05, 4.69) is 15.9 Å². The van der Waals surface area contributed by atoms with Crippen LogP contribution in [0.4, 0.5) is 4.39 Å². The minimum absolute atomic E-state index is 0.158. The van der Waals surface area contributed by atoms with Crippen molar-refractivity contribution in [1.82, 2.24) is 0 Å². The van der Waals surface area contributed by atoms with Gasteiger partial charge in [-0.2, -0.15) is 0 Å². The molecule has 0 aromatic heterocycles. The van der Waals surface area contributed by atoms with Crippen molar-refractivity contribution in [3.63, 3.8) is 0 Å². The van der Waals surface area contributed by atoms with Crippen LogP contribution in [-0.4, -0.2) is 4.83 Å². The maximum absolute atomic E-state index is 13.7. The minimum Gasteiger partial charge on any atom is -0.207 e. The third-order valence-corrected chi connectivity index (χ3v) is 4.18. The highest BCUT2D eigenvalue weighted by atomic mass is 79.9. The highest BCUT2D eigenvalue weighted by molar-refractivity contribution is 9.09. The molecule has 2 atom stereocenters. The number of benzene rings is 1. The molecule has 0 spiro atoms. The van der Waals surface area contributed by atoms with Crippen LogP contribution in [0, 0.1) is 5.82 Å². The minimum atomic E-state index is -0.158. The average Bonchev–Trinajstić information content (AvgIpc) is 2.17. The van der Waals surface area contributed by atoms with Crippen molar-refractivity contribution >= 4 is 27.5 Å². The maximum Gasteiger partial charge on any atom is 0.128 e. The lowest BCUT2D eigenvalue weighted by Gasteiger charge is -2.26. The highest BCUT2D eigenvalue weighted by Gasteiger charge is 2.25. The van der Waals surface area contributed by atoms with E-state index in [1.807, 2.05) is 0 Å². The Kier molecular flexibility index (Phi) is 3.68. The van der Waals surface area contributed by atoms with Gasteiger partial charge in [0.15, 0.2) is 0 Å². The van der Waals surface area contributed by atoms with Crippen LogP contribution in [0.25, 0.3) is 0 Å². The van der Waals surface area contributed by atoms with Gasteiger partial charge in [-0.15, -0.1) is 0 Å². The number of hydrogen-bond acceptors (Lipinski definition) is 0. The van der Waals surface area contributed by atoms with E-state index in [4.69, 9.17) is 11.6 Å². The van der Waals surface area contributed by atoms with Gasteiger partial charge >= 0.3 is 0 Å². The van der Waals surface area contributed by atoms with E-state index in [0.29, 0.717) is 15.4 Å². The second-order valence-electron chi connectivity index (χ2n) is 4.10. The first kappa shape index (κ1) is 11.4. The van der Waals surface area contributed by atoms with Gasteiger partial charge in [0.05, 0.1) is 0 Å². The van der Waals surface area contributed by atoms with Gasteiger partial charge in [0.25, 0.3) is 0 Å². The maximum atomic E-state index is 13.7. The standard InChI is InChI=1S/C12H13BrClF/c13-9-4-1-3-8(7-9)12-10(14)5-2-6-11(12)15/h2,5-6,8-9H,1,3-4,7H2. The van der Waals surface area contributed by atoms with Gasteiger partial charge in [-0.3, -0.25) is 0 Å². The molecule has 0 N–H and O–H groups in total. The summed E-state index contributed by atoms with van der Waals surface area (Å²) in [5.41, 5.74) is 0.711. The average molecular weight is 292 g/mol. The summed E-state index contributed by atoms with van der Waals surface area (Å²) in [5, 5.41) is 0.571. The summed E-state index contributed by atoms with van der Waals surface area (Å²) >= 11 is 9.66. The first-order valence-electron chi connectivity index (χ1n) is 5.26. The first-order chi connectivity index (χ1) is 7.18. The monoisotopic (exact) mass is 290 g/mol. The molecule has 0 saturated heterocycles. The zero-order chi connectivity index (χ0) is 10.8. The summed E-state index contributed by atoms with van der Waals surface area (Å²) in [6.45, 7) is 0. The van der Waals surface area contributed by atoms with E-state index < -0.39 is 0 Å². The summed E-state index contributed by atoms with van der Waals surface area (Å²) < 4.78 is 13.7. The van der Waals surface area contributed by atoms with Gasteiger partial charge in [0.2, 0.25) is 0 Å². The topological polar surface area (TPSA) is 0 Å². The Hall–Kier alpha value is -0.0800. The number of halogens is 3. The van der Waals surface area contributed by atoms with Crippen LogP contribution in [0.15, 0.2) is 18.2 Å². The van der Waals surface area contributed by atoms with Crippen molar-refractivity contribution in [1.29, 1.82) is 0 Å². The molecule has 1 aromatic carbocycles. The summed E-state index contributed by atoms with van der Waals surface area (Å²) in [7, 11) is 0. The zero-order valence-electron chi connectivity index (χ0n) is 8.35. The van der Waals surface area contributed by atoms with Crippen molar-refractivity contribution in [2.24, 2.45) is 0 Å². The number of alkyl halides is 1. The third-order valence-electron chi connectivity index (χ3n) is 3.02. The second-order valence-corrected chi connectivity index (χ2v) is 5.80. The Morgan fingerprint density at radius 1 is 1.33 bits per heavy atom. The van der Waals surface area contributed by atoms with E-state index in [1.54, 1.807) is 12.1 Å². The van der Waals surface area contributed by atoms with Gasteiger partial charge in [0, 0.05) is 15.4 Å². The van der Waals surface area contributed by atoms with Crippen molar-refractivity contribution in [3.05, 3.63) is 34.6 Å². The number of rotatable bonds is 1. The third kappa shape index (κ3) is 2.54. The Balaban J connectivity index is 2.28. The lowest BCUT2D eigenvalue weighted by atomic mass is 9.84. The zero-order valence-corrected chi connectivity index (χ0v) is 10.7. The molecule has 1 aliphatic rings. The molecule has 1 aromatic rings. The fourth-order valence-corrected chi connectivity index (χ4v) is 3.39. The van der Waals surface area contributed by atoms with Gasteiger partial charge < -0.3 is 0 Å². The highest BCUT2D eigenvalue weighted by Crippen LogP contribution is 2.39. The van der Waals surface area contributed by atoms with Crippen molar-refractivity contribution in [2.75, 3.05) is 0 Å². The molecular formula is C12H13BrClF. The fourth-order valence-electron chi connectivity index (χ4n) is 2.29. The molecule has 0 radical (unpaired) electrons. The second kappa shape index (κ2) is 4.84. The fraction of sp³-hybridized carbons (Fsp3) is 0.500. The predicted octanol–water partition coefficient (Wildman–Crippen LogP) is 4.90. The van der Waals surface area contributed by atoms with E-state index in [1.165, 1.54) is 12.5 Å². The first-order valence-corrected chi connectivity index (χ1v) is 6.56. The Morgan fingerprint density at radius 2 is 2.13 bits per heavy atom. The van der Waals surface area contributed by atoms with Crippen LogP contribution in [0.3, 0.4) is 0 Å². The Morgan fingerprint density at radius 3 is 2.80 bits per heavy atom. The number of hydrogen-bond donors (Lipinski definition) is 0. The smallest absolute Gasteiger partial charge is 0.128 e. The SMILES string of the molecule is Fc1cccc(Cl)c1C1CCCC(Br)C1. The molecule has 0 heterocycles.